The molecule has 0 radical (unpaired) electrons. The highest BCUT2D eigenvalue weighted by Crippen LogP contribution is 2.37. The lowest BCUT2D eigenvalue weighted by atomic mass is 10.1. The second-order valence-corrected chi connectivity index (χ2v) is 5.12. The van der Waals surface area contributed by atoms with E-state index in [4.69, 9.17) is 11.6 Å². The first-order valence-electron chi connectivity index (χ1n) is 6.34. The number of carbonyl (C=O) groups is 1. The summed E-state index contributed by atoms with van der Waals surface area (Å²) < 4.78 is 77.6. The molecule has 2 nitrogen and oxygen atoms in total. The fraction of sp³-hybridized carbons (Fsp3) is 0.133. The zero-order valence-corrected chi connectivity index (χ0v) is 12.4. The van der Waals surface area contributed by atoms with Crippen molar-refractivity contribution in [3.8, 4) is 0 Å². The average molecular weight is 368 g/mol. The minimum Gasteiger partial charge on any atom is -0.321 e. The summed E-state index contributed by atoms with van der Waals surface area (Å²) in [4.78, 5) is 12.0. The van der Waals surface area contributed by atoms with Gasteiger partial charge in [-0.05, 0) is 30.3 Å². The Labute approximate surface area is 137 Å². The van der Waals surface area contributed by atoms with Crippen molar-refractivity contribution in [3.05, 3.63) is 64.2 Å². The number of benzene rings is 2. The highest BCUT2D eigenvalue weighted by molar-refractivity contribution is 6.30. The van der Waals surface area contributed by atoms with Crippen LogP contribution in [0.15, 0.2) is 42.5 Å². The third kappa shape index (κ3) is 4.00. The molecule has 0 aliphatic heterocycles. The lowest BCUT2D eigenvalue weighted by Crippen LogP contribution is -2.20. The number of carbonyl (C=O) groups excluding carboxylic acids is 1. The van der Waals surface area contributed by atoms with Gasteiger partial charge >= 0.3 is 12.4 Å². The number of hydrogen-bond acceptors (Lipinski definition) is 1. The van der Waals surface area contributed by atoms with Crippen molar-refractivity contribution in [2.75, 3.05) is 5.32 Å². The van der Waals surface area contributed by atoms with Crippen molar-refractivity contribution in [2.24, 2.45) is 0 Å². The molecule has 0 saturated carbocycles. The van der Waals surface area contributed by atoms with E-state index in [1.54, 1.807) is 0 Å². The molecule has 1 N–H and O–H groups in total. The molecule has 0 aromatic heterocycles. The first-order valence-corrected chi connectivity index (χ1v) is 6.72. The maximum absolute atomic E-state index is 13.0. The van der Waals surface area contributed by atoms with E-state index in [0.717, 1.165) is 24.3 Å². The molecule has 0 aliphatic carbocycles. The van der Waals surface area contributed by atoms with Gasteiger partial charge in [-0.3, -0.25) is 4.79 Å². The second-order valence-electron chi connectivity index (χ2n) is 4.69. The van der Waals surface area contributed by atoms with Crippen LogP contribution in [0.2, 0.25) is 5.02 Å². The third-order valence-electron chi connectivity index (χ3n) is 3.01. The van der Waals surface area contributed by atoms with Gasteiger partial charge in [-0.1, -0.05) is 23.7 Å². The van der Waals surface area contributed by atoms with Crippen molar-refractivity contribution in [2.45, 2.75) is 12.4 Å². The van der Waals surface area contributed by atoms with Crippen molar-refractivity contribution >= 4 is 23.2 Å². The second kappa shape index (κ2) is 6.35. The van der Waals surface area contributed by atoms with E-state index in [2.05, 4.69) is 0 Å². The fourth-order valence-corrected chi connectivity index (χ4v) is 2.15. The monoisotopic (exact) mass is 367 g/mol. The van der Waals surface area contributed by atoms with Crippen molar-refractivity contribution in [3.63, 3.8) is 0 Å². The SMILES string of the molecule is O=C(Nc1ccc(Cl)cc1C(F)(F)F)c1ccccc1C(F)(F)F. The van der Waals surface area contributed by atoms with Gasteiger partial charge in [0.15, 0.2) is 0 Å². The summed E-state index contributed by atoms with van der Waals surface area (Å²) >= 11 is 5.50. The minimum atomic E-state index is -4.84. The summed E-state index contributed by atoms with van der Waals surface area (Å²) in [5.74, 6) is -1.31. The number of alkyl halides is 6. The van der Waals surface area contributed by atoms with Crippen molar-refractivity contribution < 1.29 is 31.1 Å². The van der Waals surface area contributed by atoms with Crippen molar-refractivity contribution in [1.29, 1.82) is 0 Å². The Morgan fingerprint density at radius 3 is 2.04 bits per heavy atom. The van der Waals surface area contributed by atoms with Gasteiger partial charge in [0.2, 0.25) is 0 Å². The lowest BCUT2D eigenvalue weighted by molar-refractivity contribution is -0.138. The van der Waals surface area contributed by atoms with Gasteiger partial charge in [0.05, 0.1) is 22.4 Å². The number of anilines is 1. The summed E-state index contributed by atoms with van der Waals surface area (Å²) in [5.41, 5.74) is -3.97. The molecule has 0 fully saturated rings. The van der Waals surface area contributed by atoms with Gasteiger partial charge in [0.1, 0.15) is 0 Å². The van der Waals surface area contributed by atoms with Gasteiger partial charge in [-0.25, -0.2) is 0 Å². The van der Waals surface area contributed by atoms with E-state index < -0.39 is 40.6 Å². The Hall–Kier alpha value is -2.22. The van der Waals surface area contributed by atoms with Crippen molar-refractivity contribution in [1.82, 2.24) is 0 Å². The van der Waals surface area contributed by atoms with E-state index in [-0.39, 0.29) is 5.02 Å². The van der Waals surface area contributed by atoms with E-state index >= 15 is 0 Å². The number of halogens is 7. The molecule has 0 atom stereocenters. The summed E-state index contributed by atoms with van der Waals surface area (Å²) in [7, 11) is 0. The molecule has 24 heavy (non-hydrogen) atoms. The normalized spacial score (nSPS) is 12.1. The first-order chi connectivity index (χ1) is 11.0. The van der Waals surface area contributed by atoms with Crippen LogP contribution in [0.1, 0.15) is 21.5 Å². The van der Waals surface area contributed by atoms with E-state index in [1.807, 2.05) is 5.32 Å². The smallest absolute Gasteiger partial charge is 0.321 e. The molecule has 0 bridgehead atoms. The third-order valence-corrected chi connectivity index (χ3v) is 3.25. The molecule has 2 rings (SSSR count). The highest BCUT2D eigenvalue weighted by Gasteiger charge is 2.37. The predicted octanol–water partition coefficient (Wildman–Crippen LogP) is 5.63. The lowest BCUT2D eigenvalue weighted by Gasteiger charge is -2.16. The van der Waals surface area contributed by atoms with Gasteiger partial charge in [0.25, 0.3) is 5.91 Å². The summed E-state index contributed by atoms with van der Waals surface area (Å²) in [5, 5.41) is 1.63. The molecule has 0 spiro atoms. The maximum atomic E-state index is 13.0. The first kappa shape index (κ1) is 18.1. The molecule has 0 unspecified atom stereocenters. The molecular weight excluding hydrogens is 360 g/mol. The molecule has 128 valence electrons. The van der Waals surface area contributed by atoms with E-state index in [0.29, 0.717) is 12.1 Å². The predicted molar refractivity (Wildman–Crippen MR) is 75.9 cm³/mol. The Bertz CT molecular complexity index is 769. The van der Waals surface area contributed by atoms with Crippen LogP contribution in [0.3, 0.4) is 0 Å². The van der Waals surface area contributed by atoms with Crippen LogP contribution in [0.25, 0.3) is 0 Å². The molecule has 0 aliphatic rings. The van der Waals surface area contributed by atoms with Gasteiger partial charge < -0.3 is 5.32 Å². The molecule has 0 saturated heterocycles. The highest BCUT2D eigenvalue weighted by atomic mass is 35.5. The maximum Gasteiger partial charge on any atom is 0.418 e. The van der Waals surface area contributed by atoms with Crippen LogP contribution in [-0.4, -0.2) is 5.91 Å². The van der Waals surface area contributed by atoms with Crippen LogP contribution in [0, 0.1) is 0 Å². The minimum absolute atomic E-state index is 0.226. The summed E-state index contributed by atoms with van der Waals surface area (Å²) in [6.45, 7) is 0. The fourth-order valence-electron chi connectivity index (χ4n) is 1.98. The Balaban J connectivity index is 2.43. The van der Waals surface area contributed by atoms with Gasteiger partial charge in [0, 0.05) is 5.02 Å². The van der Waals surface area contributed by atoms with Gasteiger partial charge in [-0.15, -0.1) is 0 Å². The molecule has 9 heteroatoms. The zero-order valence-electron chi connectivity index (χ0n) is 11.6. The average Bonchev–Trinajstić information content (AvgIpc) is 2.47. The largest absolute Gasteiger partial charge is 0.418 e. The molecule has 2 aromatic carbocycles. The van der Waals surface area contributed by atoms with Crippen LogP contribution >= 0.6 is 11.6 Å². The van der Waals surface area contributed by atoms with Crippen LogP contribution in [-0.2, 0) is 12.4 Å². The number of nitrogens with one attached hydrogen (secondary N) is 1. The number of hydrogen-bond donors (Lipinski definition) is 1. The molecule has 2 aromatic rings. The summed E-state index contributed by atoms with van der Waals surface area (Å²) in [6.07, 6.45) is -9.65. The quantitative estimate of drug-likeness (QED) is 0.685. The van der Waals surface area contributed by atoms with Crippen LogP contribution in [0.5, 0.6) is 0 Å². The van der Waals surface area contributed by atoms with Gasteiger partial charge in [-0.2, -0.15) is 26.3 Å². The van der Waals surface area contributed by atoms with E-state index in [1.165, 1.54) is 6.07 Å². The number of amides is 1. The standard InChI is InChI=1S/C15H8ClF6NO/c16-8-5-6-12(11(7-8)15(20,21)22)23-13(24)9-3-1-2-4-10(9)14(17,18)19/h1-7H,(H,23,24). The Morgan fingerprint density at radius 2 is 1.46 bits per heavy atom. The molecular formula is C15H8ClF6NO. The molecule has 1 amide bonds. The number of rotatable bonds is 2. The van der Waals surface area contributed by atoms with Crippen LogP contribution in [0.4, 0.5) is 32.0 Å². The Kier molecular flexibility index (Phi) is 4.80. The summed E-state index contributed by atoms with van der Waals surface area (Å²) in [6, 6.07) is 6.33. The van der Waals surface area contributed by atoms with Crippen LogP contribution < -0.4 is 5.32 Å². The Morgan fingerprint density at radius 1 is 0.875 bits per heavy atom. The molecule has 0 heterocycles. The van der Waals surface area contributed by atoms with E-state index in [9.17, 15) is 31.1 Å². The zero-order chi connectivity index (χ0) is 18.1. The topological polar surface area (TPSA) is 29.1 Å².